The zero-order valence-electron chi connectivity index (χ0n) is 45.0. The monoisotopic (exact) mass is 1460 g/mol. The topological polar surface area (TPSA) is 0 Å². The number of aryl methyl sites for hydroxylation is 10. The Morgan fingerprint density at radius 2 is 1.03 bits per heavy atom. The molecule has 0 saturated heterocycles. The SMILES string of the molecule is Brc1cccs1.C/C=C/c1ccc(C)cc1-c1ccc(C)s1.Cc1cc[c-]s1.Cc1ccc(-c2cc(CBr)ccc2CBr)s1.Cc1ccc(C)c(-c2ccc(C)s2)c1.Cc1ccc(C)c(Br)c1.Cc1cccs1.F.[3HH].[Br-].[Mg+2]. The van der Waals surface area contributed by atoms with E-state index in [0.717, 1.165) is 10.7 Å². The minimum atomic E-state index is 0. The van der Waals surface area contributed by atoms with Crippen molar-refractivity contribution in [1.29, 1.82) is 0 Å². The first-order chi connectivity index (χ1) is 35.0. The molecule has 0 radical (unpaired) electrons. The first kappa shape index (κ1) is 71.9. The van der Waals surface area contributed by atoms with Crippen molar-refractivity contribution in [1.82, 2.24) is 0 Å². The van der Waals surface area contributed by atoms with Crippen molar-refractivity contribution in [3.63, 3.8) is 0 Å². The molecule has 76 heavy (non-hydrogen) atoms. The van der Waals surface area contributed by atoms with Gasteiger partial charge in [0.25, 0.3) is 0 Å². The first-order valence-electron chi connectivity index (χ1n) is 23.6. The summed E-state index contributed by atoms with van der Waals surface area (Å²) in [6, 6.07) is 51.6. The van der Waals surface area contributed by atoms with Crippen molar-refractivity contribution in [2.75, 3.05) is 0 Å². The minimum Gasteiger partial charge on any atom is -1.00 e. The van der Waals surface area contributed by atoms with E-state index in [4.69, 9.17) is 0 Å². The fourth-order valence-electron chi connectivity index (χ4n) is 6.63. The molecule has 0 bridgehead atoms. The molecule has 0 atom stereocenters. The van der Waals surface area contributed by atoms with Crippen LogP contribution in [0.5, 0.6) is 0 Å². The van der Waals surface area contributed by atoms with Gasteiger partial charge in [-0.15, -0.1) is 62.1 Å². The summed E-state index contributed by atoms with van der Waals surface area (Å²) in [4.78, 5) is 10.9. The van der Waals surface area contributed by atoms with E-state index < -0.39 is 0 Å². The maximum atomic E-state index is 3.55. The summed E-state index contributed by atoms with van der Waals surface area (Å²) >= 11 is 24.5. The molecule has 10 aromatic rings. The molecule has 4 aromatic carbocycles. The Balaban J connectivity index is 0.000000898. The van der Waals surface area contributed by atoms with Crippen LogP contribution in [0.15, 0.2) is 171 Å². The maximum Gasteiger partial charge on any atom is 2.00 e. The zero-order chi connectivity index (χ0) is 53.3. The van der Waals surface area contributed by atoms with Crippen LogP contribution in [0.1, 0.15) is 77.2 Å². The summed E-state index contributed by atoms with van der Waals surface area (Å²) in [5.74, 6) is 0. The van der Waals surface area contributed by atoms with Gasteiger partial charge in [-0.25, -0.2) is 6.07 Å². The molecule has 6 aromatic heterocycles. The van der Waals surface area contributed by atoms with Gasteiger partial charge >= 0.3 is 23.1 Å². The van der Waals surface area contributed by atoms with Crippen LogP contribution < -0.4 is 17.0 Å². The van der Waals surface area contributed by atoms with Gasteiger partial charge in [0.1, 0.15) is 0 Å². The van der Waals surface area contributed by atoms with E-state index in [1.54, 1.807) is 34.0 Å². The van der Waals surface area contributed by atoms with Gasteiger partial charge in [-0.1, -0.05) is 151 Å². The molecule has 0 N–H and O–H groups in total. The van der Waals surface area contributed by atoms with E-state index in [1.807, 2.05) is 63.7 Å². The Labute approximate surface area is 540 Å². The summed E-state index contributed by atoms with van der Waals surface area (Å²) in [7, 11) is 0. The van der Waals surface area contributed by atoms with Gasteiger partial charge in [0.2, 0.25) is 0 Å². The predicted octanol–water partition coefficient (Wildman–Crippen LogP) is 21.4. The number of rotatable bonds is 6. The average Bonchev–Trinajstić information content (AvgIpc) is 4.26. The second-order valence-corrected chi connectivity index (χ2v) is 27.4. The molecule has 0 spiro atoms. The summed E-state index contributed by atoms with van der Waals surface area (Å²) in [5.41, 5.74) is 14.6. The smallest absolute Gasteiger partial charge is 1.00 e. The van der Waals surface area contributed by atoms with Gasteiger partial charge in [0.15, 0.2) is 0 Å². The Morgan fingerprint density at radius 3 is 1.41 bits per heavy atom. The van der Waals surface area contributed by atoms with Crippen LogP contribution >= 0.6 is 132 Å². The number of hydrogen-bond donors (Lipinski definition) is 0. The van der Waals surface area contributed by atoms with Gasteiger partial charge in [-0.3, -0.25) is 4.70 Å². The van der Waals surface area contributed by atoms with Crippen LogP contribution in [0.3, 0.4) is 0 Å². The molecule has 10 rings (SSSR count). The Morgan fingerprint density at radius 1 is 0.500 bits per heavy atom. The minimum absolute atomic E-state index is 0. The Kier molecular flexibility index (Phi) is 37.2. The van der Waals surface area contributed by atoms with Crippen molar-refractivity contribution in [3.8, 4) is 31.3 Å². The van der Waals surface area contributed by atoms with E-state index in [2.05, 4.69) is 284 Å². The molecule has 0 fully saturated rings. The van der Waals surface area contributed by atoms with Crippen LogP contribution in [0.25, 0.3) is 37.4 Å². The summed E-state index contributed by atoms with van der Waals surface area (Å²) in [6.07, 6.45) is 4.26. The number of allylic oxidation sites excluding steroid dienone is 1. The summed E-state index contributed by atoms with van der Waals surface area (Å²) in [5, 5.41) is 8.90. The summed E-state index contributed by atoms with van der Waals surface area (Å²) < 4.78 is 2.39. The molecule has 0 aliphatic rings. The van der Waals surface area contributed by atoms with Crippen LogP contribution in [-0.4, -0.2) is 23.1 Å². The van der Waals surface area contributed by atoms with Gasteiger partial charge in [0, 0.05) is 50.7 Å². The van der Waals surface area contributed by atoms with Crippen molar-refractivity contribution in [2.24, 2.45) is 0 Å². The summed E-state index contributed by atoms with van der Waals surface area (Å²) in [6.45, 7) is 23.3. The molecule has 13 heteroatoms. The molecule has 0 unspecified atom stereocenters. The number of halogens is 6. The van der Waals surface area contributed by atoms with Crippen LogP contribution in [0.4, 0.5) is 4.70 Å². The van der Waals surface area contributed by atoms with E-state index in [-0.39, 0.29) is 46.2 Å². The molecule has 0 aliphatic heterocycles. The molecular weight excluding hydrogens is 1390 g/mol. The van der Waals surface area contributed by atoms with E-state index >= 15 is 0 Å². The zero-order valence-corrected chi connectivity index (χ0v) is 59.3. The van der Waals surface area contributed by atoms with Crippen LogP contribution in [-0.2, 0) is 10.7 Å². The third kappa shape index (κ3) is 26.5. The van der Waals surface area contributed by atoms with Crippen molar-refractivity contribution < 1.29 is 23.1 Å². The first-order valence-corrected chi connectivity index (χ1v) is 32.4. The van der Waals surface area contributed by atoms with E-state index in [0.29, 0.717) is 0 Å². The van der Waals surface area contributed by atoms with Gasteiger partial charge in [-0.2, -0.15) is 10.9 Å². The van der Waals surface area contributed by atoms with Crippen LogP contribution in [0, 0.1) is 74.6 Å². The average molecular weight is 1460 g/mol. The molecule has 6 heterocycles. The van der Waals surface area contributed by atoms with Crippen molar-refractivity contribution >= 4 is 161 Å². The fraction of sp³-hybridized carbons (Fsp3) is 0.206. The maximum absolute atomic E-state index is 3.55. The standard InChI is InChI=1S/C15H16S.C13H12Br2S.C13H14S.C8H9Br.C5H6S.C5H5S.C4H3BrS.BrH.FH.Mg.H2/c1-4-5-13-8-6-11(2)10-14(13)15-9-7-12(3)16-15;1-9-2-5-13(16-9)12-6-10(7-14)3-4-11(12)8-15;1-9-4-5-10(2)12(8-9)13-7-6-11(3)14-13;1-6-3-4-7(2)8(9)5-6;2*1-5-3-2-4-6-5;5-4-2-1-3-6-4;;;;/h4-10H,1-3H3;2-6H,7-8H2,1H3;4-8H,1-3H3;3-5H,1-2H3;2-4H,1H3;2-3H,1H3;1-3H;2*1H;;1H/q;;;;;-1;;;;+2;/p-1/b5-4+;;;;;;;;;;/i;;;;;;;;;;1+2. The number of benzene rings is 4. The quantitative estimate of drug-likeness (QED) is 0.0884. The molecular formula is C63H68Br5FMgS6. The largest absolute Gasteiger partial charge is 2.00 e. The molecule has 0 amide bonds. The van der Waals surface area contributed by atoms with Gasteiger partial charge in [0.05, 0.1) is 3.79 Å². The Bertz CT molecular complexity index is 3080. The fourth-order valence-corrected chi connectivity index (χ4v) is 12.6. The molecule has 0 nitrogen and oxygen atoms in total. The van der Waals surface area contributed by atoms with Crippen molar-refractivity contribution in [2.45, 2.75) is 86.8 Å². The van der Waals surface area contributed by atoms with E-state index in [1.165, 1.54) is 108 Å². The predicted molar refractivity (Wildman–Crippen MR) is 361 cm³/mol. The third-order valence-electron chi connectivity index (χ3n) is 10.5. The number of alkyl halides is 2. The molecule has 0 saturated carbocycles. The van der Waals surface area contributed by atoms with Gasteiger partial charge in [-0.05, 0) is 207 Å². The molecule has 400 valence electrons. The number of thiophene rings is 6. The normalized spacial score (nSPS) is 9.78. The van der Waals surface area contributed by atoms with Gasteiger partial charge < -0.3 is 28.3 Å². The second kappa shape index (κ2) is 39.3. The van der Waals surface area contributed by atoms with Crippen molar-refractivity contribution in [3.05, 3.63) is 245 Å². The molecule has 0 aliphatic carbocycles. The van der Waals surface area contributed by atoms with Crippen LogP contribution in [0.2, 0.25) is 0 Å². The number of hydrogen-bond acceptors (Lipinski definition) is 6. The second-order valence-electron chi connectivity index (χ2n) is 17.0. The Hall–Kier alpha value is -2.08. The van der Waals surface area contributed by atoms with E-state index in [9.17, 15) is 0 Å². The third-order valence-corrected chi connectivity index (χ3v) is 18.7.